The van der Waals surface area contributed by atoms with Gasteiger partial charge in [-0.25, -0.2) is 9.48 Å². The van der Waals surface area contributed by atoms with E-state index in [-0.39, 0.29) is 13.2 Å². The standard InChI is InChI=1S/C20H19ClN4O3/c1-2-28-19(26)14-24-20(27)25(22-13-16-6-4-3-5-7-16)18(23-24)12-15-8-10-17(21)11-9-15/h3-11,13H,2,12,14H2,1H3. The molecular formula is C20H19ClN4O3. The number of aromatic nitrogens is 3. The van der Waals surface area contributed by atoms with Gasteiger partial charge in [-0.3, -0.25) is 4.79 Å². The first-order valence-corrected chi connectivity index (χ1v) is 9.13. The second-order valence-corrected chi connectivity index (χ2v) is 6.37. The molecule has 0 radical (unpaired) electrons. The molecule has 0 bridgehead atoms. The minimum atomic E-state index is -0.528. The number of halogens is 1. The van der Waals surface area contributed by atoms with E-state index >= 15 is 0 Å². The van der Waals surface area contributed by atoms with E-state index in [4.69, 9.17) is 16.3 Å². The fourth-order valence-electron chi connectivity index (χ4n) is 2.55. The molecule has 0 aliphatic carbocycles. The van der Waals surface area contributed by atoms with Gasteiger partial charge in [0.1, 0.15) is 6.54 Å². The van der Waals surface area contributed by atoms with E-state index < -0.39 is 11.7 Å². The van der Waals surface area contributed by atoms with Crippen LogP contribution in [0.3, 0.4) is 0 Å². The maximum Gasteiger partial charge on any atom is 0.367 e. The van der Waals surface area contributed by atoms with Crippen LogP contribution in [0.4, 0.5) is 0 Å². The molecule has 0 atom stereocenters. The molecule has 7 nitrogen and oxygen atoms in total. The molecule has 3 aromatic rings. The molecular weight excluding hydrogens is 380 g/mol. The Kier molecular flexibility index (Phi) is 6.39. The van der Waals surface area contributed by atoms with Crippen LogP contribution >= 0.6 is 11.6 Å². The molecule has 0 aliphatic heterocycles. The lowest BCUT2D eigenvalue weighted by molar-refractivity contribution is -0.144. The Bertz CT molecular complexity index is 1020. The van der Waals surface area contributed by atoms with Crippen LogP contribution in [0.2, 0.25) is 5.02 Å². The van der Waals surface area contributed by atoms with Gasteiger partial charge < -0.3 is 4.74 Å². The highest BCUT2D eigenvalue weighted by Crippen LogP contribution is 2.12. The molecule has 144 valence electrons. The number of hydrogen-bond acceptors (Lipinski definition) is 5. The summed E-state index contributed by atoms with van der Waals surface area (Å²) in [4.78, 5) is 24.5. The maximum atomic E-state index is 12.7. The van der Waals surface area contributed by atoms with Gasteiger partial charge in [-0.05, 0) is 30.2 Å². The average Bonchev–Trinajstić information content (AvgIpc) is 2.97. The maximum absolute atomic E-state index is 12.7. The number of esters is 1. The summed E-state index contributed by atoms with van der Waals surface area (Å²) < 4.78 is 7.17. The number of carbonyl (C=O) groups is 1. The smallest absolute Gasteiger partial charge is 0.367 e. The fraction of sp³-hybridized carbons (Fsp3) is 0.200. The molecule has 3 rings (SSSR count). The van der Waals surface area contributed by atoms with Gasteiger partial charge in [0.25, 0.3) is 0 Å². The fourth-order valence-corrected chi connectivity index (χ4v) is 2.68. The number of rotatable bonds is 7. The summed E-state index contributed by atoms with van der Waals surface area (Å²) >= 11 is 5.93. The molecule has 0 unspecified atom stereocenters. The van der Waals surface area contributed by atoms with E-state index in [9.17, 15) is 9.59 Å². The predicted molar refractivity (Wildman–Crippen MR) is 107 cm³/mol. The van der Waals surface area contributed by atoms with E-state index in [1.54, 1.807) is 25.3 Å². The Morgan fingerprint density at radius 3 is 2.57 bits per heavy atom. The molecule has 0 fully saturated rings. The predicted octanol–water partition coefficient (Wildman–Crippen LogP) is 2.73. The molecule has 0 saturated heterocycles. The molecule has 8 heteroatoms. The zero-order valence-corrected chi connectivity index (χ0v) is 16.0. The molecule has 1 heterocycles. The van der Waals surface area contributed by atoms with Gasteiger partial charge in [0.2, 0.25) is 0 Å². The molecule has 1 aromatic heterocycles. The van der Waals surface area contributed by atoms with Gasteiger partial charge in [-0.2, -0.15) is 14.9 Å². The second-order valence-electron chi connectivity index (χ2n) is 5.93. The first-order valence-electron chi connectivity index (χ1n) is 8.75. The van der Waals surface area contributed by atoms with Crippen molar-refractivity contribution < 1.29 is 9.53 Å². The van der Waals surface area contributed by atoms with E-state index in [1.807, 2.05) is 42.5 Å². The summed E-state index contributed by atoms with van der Waals surface area (Å²) in [5, 5.41) is 9.18. The summed E-state index contributed by atoms with van der Waals surface area (Å²) in [7, 11) is 0. The minimum Gasteiger partial charge on any atom is -0.465 e. The van der Waals surface area contributed by atoms with Crippen molar-refractivity contribution in [1.82, 2.24) is 14.5 Å². The molecule has 0 spiro atoms. The second kappa shape index (κ2) is 9.14. The van der Waals surface area contributed by atoms with E-state index in [1.165, 1.54) is 4.68 Å². The molecule has 0 amide bonds. The van der Waals surface area contributed by atoms with Gasteiger partial charge in [0.05, 0.1) is 12.8 Å². The Morgan fingerprint density at radius 2 is 1.89 bits per heavy atom. The van der Waals surface area contributed by atoms with Crippen molar-refractivity contribution >= 4 is 23.8 Å². The lowest BCUT2D eigenvalue weighted by Crippen LogP contribution is -2.27. The summed E-state index contributed by atoms with van der Waals surface area (Å²) in [6.45, 7) is 1.67. The van der Waals surface area contributed by atoms with Crippen LogP contribution in [0, 0.1) is 0 Å². The van der Waals surface area contributed by atoms with Gasteiger partial charge in [-0.15, -0.1) is 0 Å². The zero-order chi connectivity index (χ0) is 19.9. The Balaban J connectivity index is 1.95. The average molecular weight is 399 g/mol. The highest BCUT2D eigenvalue weighted by molar-refractivity contribution is 6.30. The van der Waals surface area contributed by atoms with Gasteiger partial charge >= 0.3 is 11.7 Å². The summed E-state index contributed by atoms with van der Waals surface area (Å²) in [5.74, 6) is -0.122. The monoisotopic (exact) mass is 398 g/mol. The third kappa shape index (κ3) is 4.95. The van der Waals surface area contributed by atoms with Crippen LogP contribution in [-0.4, -0.2) is 33.2 Å². The topological polar surface area (TPSA) is 78.5 Å². The number of benzene rings is 2. The van der Waals surface area contributed by atoms with Crippen LogP contribution < -0.4 is 5.69 Å². The molecule has 28 heavy (non-hydrogen) atoms. The number of ether oxygens (including phenoxy) is 1. The van der Waals surface area contributed by atoms with Crippen LogP contribution in [-0.2, 0) is 22.5 Å². The molecule has 0 saturated carbocycles. The third-order valence-electron chi connectivity index (χ3n) is 3.86. The van der Waals surface area contributed by atoms with Gasteiger partial charge in [0, 0.05) is 11.4 Å². The summed E-state index contributed by atoms with van der Waals surface area (Å²) in [5.41, 5.74) is 1.24. The molecule has 0 N–H and O–H groups in total. The number of nitrogens with zero attached hydrogens (tertiary/aromatic N) is 4. The highest BCUT2D eigenvalue weighted by atomic mass is 35.5. The van der Waals surface area contributed by atoms with Crippen molar-refractivity contribution in [3.63, 3.8) is 0 Å². The van der Waals surface area contributed by atoms with Crippen molar-refractivity contribution in [2.45, 2.75) is 19.9 Å². The van der Waals surface area contributed by atoms with Crippen molar-refractivity contribution in [2.24, 2.45) is 5.10 Å². The lowest BCUT2D eigenvalue weighted by Gasteiger charge is -2.01. The lowest BCUT2D eigenvalue weighted by atomic mass is 10.1. The highest BCUT2D eigenvalue weighted by Gasteiger charge is 2.16. The van der Waals surface area contributed by atoms with Crippen molar-refractivity contribution in [1.29, 1.82) is 0 Å². The van der Waals surface area contributed by atoms with E-state index in [0.717, 1.165) is 15.8 Å². The number of carbonyl (C=O) groups excluding carboxylic acids is 1. The molecule has 0 aliphatic rings. The minimum absolute atomic E-state index is 0.234. The van der Waals surface area contributed by atoms with Crippen molar-refractivity contribution in [3.8, 4) is 0 Å². The van der Waals surface area contributed by atoms with Crippen LogP contribution in [0.15, 0.2) is 64.5 Å². The van der Waals surface area contributed by atoms with Crippen molar-refractivity contribution in [3.05, 3.63) is 87.1 Å². The quantitative estimate of drug-likeness (QED) is 0.453. The normalized spacial score (nSPS) is 11.1. The van der Waals surface area contributed by atoms with E-state index in [0.29, 0.717) is 17.3 Å². The zero-order valence-electron chi connectivity index (χ0n) is 15.3. The third-order valence-corrected chi connectivity index (χ3v) is 4.12. The summed E-state index contributed by atoms with van der Waals surface area (Å²) in [6, 6.07) is 16.6. The van der Waals surface area contributed by atoms with Crippen molar-refractivity contribution in [2.75, 3.05) is 6.61 Å². The van der Waals surface area contributed by atoms with Crippen LogP contribution in [0.5, 0.6) is 0 Å². The SMILES string of the molecule is CCOC(=O)Cn1nc(Cc2ccc(Cl)cc2)n(N=Cc2ccccc2)c1=O. The van der Waals surface area contributed by atoms with E-state index in [2.05, 4.69) is 10.2 Å². The number of hydrogen-bond donors (Lipinski definition) is 0. The Morgan fingerprint density at radius 1 is 1.18 bits per heavy atom. The Hall–Kier alpha value is -3.19. The first kappa shape index (κ1) is 19.6. The van der Waals surface area contributed by atoms with Crippen LogP contribution in [0.25, 0.3) is 0 Å². The largest absolute Gasteiger partial charge is 0.465 e. The first-order chi connectivity index (χ1) is 13.6. The van der Waals surface area contributed by atoms with Gasteiger partial charge in [0.15, 0.2) is 5.82 Å². The molecule has 2 aromatic carbocycles. The van der Waals surface area contributed by atoms with Crippen LogP contribution in [0.1, 0.15) is 23.9 Å². The Labute approximate surface area is 166 Å². The van der Waals surface area contributed by atoms with Gasteiger partial charge in [-0.1, -0.05) is 54.1 Å². The summed E-state index contributed by atoms with van der Waals surface area (Å²) in [6.07, 6.45) is 1.93.